The molecule has 0 aliphatic rings. The number of rotatable bonds is 4. The highest BCUT2D eigenvalue weighted by molar-refractivity contribution is 5.40. The molecule has 1 rings (SSSR count). The predicted octanol–water partition coefficient (Wildman–Crippen LogP) is 1.88. The lowest BCUT2D eigenvalue weighted by Gasteiger charge is -2.12. The van der Waals surface area contributed by atoms with Gasteiger partial charge < -0.3 is 9.94 Å². The molecule has 78 valence electrons. The van der Waals surface area contributed by atoms with Crippen molar-refractivity contribution >= 4 is 0 Å². The predicted molar refractivity (Wildman–Crippen MR) is 51.0 cm³/mol. The van der Waals surface area contributed by atoms with Crippen LogP contribution < -0.4 is 10.2 Å². The van der Waals surface area contributed by atoms with Gasteiger partial charge in [-0.05, 0) is 23.6 Å². The number of benzene rings is 1. The van der Waals surface area contributed by atoms with Crippen molar-refractivity contribution in [3.8, 4) is 5.75 Å². The fourth-order valence-electron chi connectivity index (χ4n) is 1.49. The maximum Gasteiger partial charge on any atom is 0.127 e. The molecule has 0 aliphatic carbocycles. The number of hydrogen-bond acceptors (Lipinski definition) is 3. The van der Waals surface area contributed by atoms with Gasteiger partial charge in [0.1, 0.15) is 11.6 Å². The van der Waals surface area contributed by atoms with Gasteiger partial charge in [0.2, 0.25) is 0 Å². The number of halogens is 1. The molecule has 0 aromatic heterocycles. The molecule has 0 amide bonds. The van der Waals surface area contributed by atoms with Crippen LogP contribution in [-0.2, 0) is 13.0 Å². The van der Waals surface area contributed by atoms with Crippen LogP contribution in [-0.4, -0.2) is 12.3 Å². The van der Waals surface area contributed by atoms with Crippen molar-refractivity contribution in [2.75, 3.05) is 7.11 Å². The van der Waals surface area contributed by atoms with Crippen LogP contribution in [0.4, 0.5) is 4.39 Å². The van der Waals surface area contributed by atoms with Crippen molar-refractivity contribution in [3.05, 3.63) is 29.1 Å². The minimum atomic E-state index is -0.357. The van der Waals surface area contributed by atoms with Crippen LogP contribution in [0, 0.1) is 5.82 Å². The molecule has 4 heteroatoms. The quantitative estimate of drug-likeness (QED) is 0.727. The summed E-state index contributed by atoms with van der Waals surface area (Å²) in [5, 5.41) is 8.58. The van der Waals surface area contributed by atoms with Crippen molar-refractivity contribution < 1.29 is 14.3 Å². The lowest BCUT2D eigenvalue weighted by Crippen LogP contribution is -2.09. The van der Waals surface area contributed by atoms with Crippen LogP contribution in [0.5, 0.6) is 5.75 Å². The van der Waals surface area contributed by atoms with Gasteiger partial charge in [0, 0.05) is 12.6 Å². The van der Waals surface area contributed by atoms with E-state index in [1.54, 1.807) is 0 Å². The smallest absolute Gasteiger partial charge is 0.127 e. The second-order valence-corrected chi connectivity index (χ2v) is 2.93. The van der Waals surface area contributed by atoms with Crippen molar-refractivity contribution in [3.63, 3.8) is 0 Å². The molecular formula is C10H14FNO2. The highest BCUT2D eigenvalue weighted by Crippen LogP contribution is 2.24. The molecule has 0 unspecified atom stereocenters. The van der Waals surface area contributed by atoms with Crippen LogP contribution >= 0.6 is 0 Å². The number of hydrogen-bond donors (Lipinski definition) is 2. The second-order valence-electron chi connectivity index (χ2n) is 2.93. The average Bonchev–Trinajstić information content (AvgIpc) is 2.17. The van der Waals surface area contributed by atoms with Crippen molar-refractivity contribution in [2.45, 2.75) is 19.9 Å². The van der Waals surface area contributed by atoms with E-state index in [9.17, 15) is 4.39 Å². The Bertz CT molecular complexity index is 315. The van der Waals surface area contributed by atoms with Gasteiger partial charge in [0.15, 0.2) is 0 Å². The summed E-state index contributed by atoms with van der Waals surface area (Å²) in [5.74, 6) is 0.169. The molecule has 0 atom stereocenters. The maximum atomic E-state index is 13.1. The van der Waals surface area contributed by atoms with Crippen LogP contribution in [0.3, 0.4) is 0 Å². The molecule has 0 aliphatic heterocycles. The number of hydroxylamine groups is 1. The van der Waals surface area contributed by atoms with E-state index in [1.165, 1.54) is 19.2 Å². The van der Waals surface area contributed by atoms with E-state index in [-0.39, 0.29) is 12.4 Å². The zero-order valence-electron chi connectivity index (χ0n) is 8.30. The Morgan fingerprint density at radius 3 is 2.71 bits per heavy atom. The zero-order chi connectivity index (χ0) is 10.6. The van der Waals surface area contributed by atoms with E-state index < -0.39 is 0 Å². The summed E-state index contributed by atoms with van der Waals surface area (Å²) in [6.07, 6.45) is 0.737. The minimum Gasteiger partial charge on any atom is -0.496 e. The number of nitrogens with one attached hydrogen (secondary N) is 1. The summed E-state index contributed by atoms with van der Waals surface area (Å²) in [5.41, 5.74) is 3.64. The molecule has 14 heavy (non-hydrogen) atoms. The van der Waals surface area contributed by atoms with Gasteiger partial charge >= 0.3 is 0 Å². The van der Waals surface area contributed by atoms with Gasteiger partial charge in [-0.25, -0.2) is 9.87 Å². The molecule has 1 aromatic carbocycles. The molecule has 0 heterocycles. The minimum absolute atomic E-state index is 0.220. The summed E-state index contributed by atoms with van der Waals surface area (Å²) < 4.78 is 18.1. The van der Waals surface area contributed by atoms with Gasteiger partial charge in [-0.3, -0.25) is 0 Å². The van der Waals surface area contributed by atoms with Crippen LogP contribution in [0.1, 0.15) is 18.1 Å². The first-order chi connectivity index (χ1) is 6.72. The molecule has 1 aromatic rings. The normalized spacial score (nSPS) is 10.3. The molecule has 0 spiro atoms. The summed E-state index contributed by atoms with van der Waals surface area (Å²) in [6, 6.07) is 2.74. The van der Waals surface area contributed by atoms with Gasteiger partial charge in [0.25, 0.3) is 0 Å². The maximum absolute atomic E-state index is 13.1. The Morgan fingerprint density at radius 1 is 1.50 bits per heavy atom. The van der Waals surface area contributed by atoms with Crippen LogP contribution in [0.2, 0.25) is 0 Å². The molecule has 0 radical (unpaired) electrons. The van der Waals surface area contributed by atoms with Crippen molar-refractivity contribution in [1.82, 2.24) is 5.48 Å². The third-order valence-corrected chi connectivity index (χ3v) is 2.11. The SMILES string of the molecule is CCc1c(CNO)cc(F)cc1OC. The van der Waals surface area contributed by atoms with E-state index in [4.69, 9.17) is 9.94 Å². The molecule has 0 saturated carbocycles. The van der Waals surface area contributed by atoms with Crippen LogP contribution in [0.25, 0.3) is 0 Å². The molecule has 0 saturated heterocycles. The Morgan fingerprint density at radius 2 is 2.21 bits per heavy atom. The fourth-order valence-corrected chi connectivity index (χ4v) is 1.49. The summed E-state index contributed by atoms with van der Waals surface area (Å²) in [6.45, 7) is 2.17. The molecule has 0 fully saturated rings. The Hall–Kier alpha value is -1.13. The Kier molecular flexibility index (Phi) is 3.85. The third kappa shape index (κ3) is 2.21. The number of methoxy groups -OCH3 is 1. The van der Waals surface area contributed by atoms with Gasteiger partial charge in [0.05, 0.1) is 7.11 Å². The lowest BCUT2D eigenvalue weighted by atomic mass is 10.0. The highest BCUT2D eigenvalue weighted by Gasteiger charge is 2.09. The third-order valence-electron chi connectivity index (χ3n) is 2.11. The van der Waals surface area contributed by atoms with E-state index in [0.717, 1.165) is 12.0 Å². The van der Waals surface area contributed by atoms with Crippen molar-refractivity contribution in [1.29, 1.82) is 0 Å². The standard InChI is InChI=1S/C10H14FNO2/c1-3-9-7(6-12-13)4-8(11)5-10(9)14-2/h4-5,12-13H,3,6H2,1-2H3. The molecule has 0 bridgehead atoms. The van der Waals surface area contributed by atoms with E-state index in [1.807, 2.05) is 12.4 Å². The van der Waals surface area contributed by atoms with Crippen LogP contribution in [0.15, 0.2) is 12.1 Å². The number of ether oxygens (including phenoxy) is 1. The first-order valence-electron chi connectivity index (χ1n) is 4.45. The Labute approximate surface area is 82.5 Å². The first-order valence-corrected chi connectivity index (χ1v) is 4.45. The molecule has 2 N–H and O–H groups in total. The topological polar surface area (TPSA) is 41.5 Å². The fraction of sp³-hybridized carbons (Fsp3) is 0.400. The summed E-state index contributed by atoms with van der Waals surface area (Å²) in [4.78, 5) is 0. The Balaban J connectivity index is 3.17. The molecule has 3 nitrogen and oxygen atoms in total. The monoisotopic (exact) mass is 199 g/mol. The average molecular weight is 199 g/mol. The highest BCUT2D eigenvalue weighted by atomic mass is 19.1. The molecular weight excluding hydrogens is 185 g/mol. The first kappa shape index (κ1) is 10.9. The second kappa shape index (κ2) is 4.93. The van der Waals surface area contributed by atoms with E-state index >= 15 is 0 Å². The lowest BCUT2D eigenvalue weighted by molar-refractivity contribution is 0.161. The zero-order valence-corrected chi connectivity index (χ0v) is 8.30. The van der Waals surface area contributed by atoms with E-state index in [2.05, 4.69) is 0 Å². The van der Waals surface area contributed by atoms with Gasteiger partial charge in [-0.1, -0.05) is 6.92 Å². The largest absolute Gasteiger partial charge is 0.496 e. The van der Waals surface area contributed by atoms with Crippen molar-refractivity contribution in [2.24, 2.45) is 0 Å². The van der Waals surface area contributed by atoms with Gasteiger partial charge in [-0.15, -0.1) is 0 Å². The summed E-state index contributed by atoms with van der Waals surface area (Å²) in [7, 11) is 1.50. The van der Waals surface area contributed by atoms with E-state index in [0.29, 0.717) is 11.3 Å². The summed E-state index contributed by atoms with van der Waals surface area (Å²) >= 11 is 0. The van der Waals surface area contributed by atoms with Gasteiger partial charge in [-0.2, -0.15) is 0 Å².